The molecule has 1 atom stereocenters. The van der Waals surface area contributed by atoms with E-state index < -0.39 is 5.82 Å². The van der Waals surface area contributed by atoms with E-state index in [1.165, 1.54) is 36.5 Å². The van der Waals surface area contributed by atoms with Gasteiger partial charge in [0.15, 0.2) is 5.78 Å². The number of nitrogens with zero attached hydrogens (tertiary/aromatic N) is 2. The fourth-order valence-corrected chi connectivity index (χ4v) is 3.52. The van der Waals surface area contributed by atoms with Crippen molar-refractivity contribution < 1.29 is 14.0 Å². The van der Waals surface area contributed by atoms with Gasteiger partial charge in [-0.3, -0.25) is 14.6 Å². The molecule has 6 heteroatoms. The summed E-state index contributed by atoms with van der Waals surface area (Å²) in [6.45, 7) is 7.06. The van der Waals surface area contributed by atoms with Crippen LogP contribution in [0, 0.1) is 11.7 Å². The second-order valence-corrected chi connectivity index (χ2v) is 7.57. The van der Waals surface area contributed by atoms with Crippen molar-refractivity contribution in [3.05, 3.63) is 65.2 Å². The maximum atomic E-state index is 13.1. The molecule has 0 saturated carbocycles. The Morgan fingerprint density at radius 3 is 2.68 bits per heavy atom. The summed E-state index contributed by atoms with van der Waals surface area (Å²) in [6.07, 6.45) is 3.69. The molecule has 1 aliphatic rings. The van der Waals surface area contributed by atoms with E-state index >= 15 is 0 Å². The van der Waals surface area contributed by atoms with Crippen molar-refractivity contribution in [2.24, 2.45) is 5.92 Å². The lowest BCUT2D eigenvalue weighted by molar-refractivity contribution is 0.0918. The molecule has 0 bridgehead atoms. The number of amides is 1. The van der Waals surface area contributed by atoms with Crippen LogP contribution in [0.4, 0.5) is 4.39 Å². The average molecular weight is 383 g/mol. The minimum atomic E-state index is -0.398. The number of nitrogens with one attached hydrogen (secondary N) is 1. The van der Waals surface area contributed by atoms with E-state index in [9.17, 15) is 14.0 Å². The second-order valence-electron chi connectivity index (χ2n) is 7.57. The zero-order valence-corrected chi connectivity index (χ0v) is 16.3. The highest BCUT2D eigenvalue weighted by atomic mass is 19.1. The summed E-state index contributed by atoms with van der Waals surface area (Å²) >= 11 is 0. The average Bonchev–Trinajstić information content (AvgIpc) is 2.72. The van der Waals surface area contributed by atoms with E-state index in [2.05, 4.69) is 29.0 Å². The van der Waals surface area contributed by atoms with Crippen molar-refractivity contribution in [3.8, 4) is 0 Å². The molecule has 1 amide bonds. The van der Waals surface area contributed by atoms with Gasteiger partial charge >= 0.3 is 0 Å². The Morgan fingerprint density at radius 1 is 1.21 bits per heavy atom. The molecule has 1 saturated heterocycles. The zero-order valence-electron chi connectivity index (χ0n) is 16.3. The zero-order chi connectivity index (χ0) is 20.1. The first-order valence-electron chi connectivity index (χ1n) is 9.72. The number of piperidine rings is 1. The topological polar surface area (TPSA) is 62.3 Å². The number of halogens is 1. The second kappa shape index (κ2) is 9.06. The van der Waals surface area contributed by atoms with E-state index in [0.717, 1.165) is 25.9 Å². The van der Waals surface area contributed by atoms with Gasteiger partial charge in [-0.1, -0.05) is 0 Å². The molecule has 5 nitrogen and oxygen atoms in total. The lowest BCUT2D eigenvalue weighted by Gasteiger charge is -2.35. The summed E-state index contributed by atoms with van der Waals surface area (Å²) in [7, 11) is 0. The minimum absolute atomic E-state index is 0.212. The summed E-state index contributed by atoms with van der Waals surface area (Å²) in [6, 6.07) is 8.91. The lowest BCUT2D eigenvalue weighted by atomic mass is 9.97. The van der Waals surface area contributed by atoms with E-state index in [0.29, 0.717) is 29.6 Å². The van der Waals surface area contributed by atoms with Crippen LogP contribution in [0.25, 0.3) is 0 Å². The van der Waals surface area contributed by atoms with Gasteiger partial charge in [-0.05, 0) is 75.5 Å². The fraction of sp³-hybridized carbons (Fsp3) is 0.409. The predicted molar refractivity (Wildman–Crippen MR) is 106 cm³/mol. The third-order valence-electron chi connectivity index (χ3n) is 5.19. The summed E-state index contributed by atoms with van der Waals surface area (Å²) in [5, 5.41) is 2.95. The highest BCUT2D eigenvalue weighted by Gasteiger charge is 2.22. The molecule has 1 aromatic heterocycles. The molecule has 2 heterocycles. The lowest BCUT2D eigenvalue weighted by Crippen LogP contribution is -2.43. The van der Waals surface area contributed by atoms with Gasteiger partial charge in [-0.15, -0.1) is 0 Å². The van der Waals surface area contributed by atoms with Crippen molar-refractivity contribution in [3.63, 3.8) is 0 Å². The van der Waals surface area contributed by atoms with Gasteiger partial charge in [0.2, 0.25) is 0 Å². The summed E-state index contributed by atoms with van der Waals surface area (Å²) in [4.78, 5) is 31.6. The quantitative estimate of drug-likeness (QED) is 0.778. The SMILES string of the molecule is CC(C)N1CCCC(CNC(=O)c2cc(C(=O)c3ccc(F)cc3)ccn2)C1. The smallest absolute Gasteiger partial charge is 0.269 e. The standard InChI is InChI=1S/C22H26FN3O2/c1-15(2)26-11-3-4-16(14-26)13-25-22(28)20-12-18(9-10-24-20)21(27)17-5-7-19(23)8-6-17/h5-10,12,15-16H,3-4,11,13-14H2,1-2H3,(H,25,28). The van der Waals surface area contributed by atoms with Crippen LogP contribution in [0.2, 0.25) is 0 Å². The maximum Gasteiger partial charge on any atom is 0.269 e. The van der Waals surface area contributed by atoms with Crippen LogP contribution in [-0.4, -0.2) is 47.3 Å². The van der Waals surface area contributed by atoms with Crippen LogP contribution in [0.15, 0.2) is 42.6 Å². The largest absolute Gasteiger partial charge is 0.350 e. The molecule has 1 aliphatic heterocycles. The molecular weight excluding hydrogens is 357 g/mol. The number of hydrogen-bond acceptors (Lipinski definition) is 4. The summed E-state index contributed by atoms with van der Waals surface area (Å²) in [5.74, 6) is -0.527. The molecular formula is C22H26FN3O2. The van der Waals surface area contributed by atoms with Crippen molar-refractivity contribution in [1.29, 1.82) is 0 Å². The molecule has 1 fully saturated rings. The van der Waals surface area contributed by atoms with Gasteiger partial charge < -0.3 is 10.2 Å². The van der Waals surface area contributed by atoms with Crippen molar-refractivity contribution in [1.82, 2.24) is 15.2 Å². The minimum Gasteiger partial charge on any atom is -0.350 e. The Morgan fingerprint density at radius 2 is 1.96 bits per heavy atom. The molecule has 0 spiro atoms. The molecule has 2 aromatic rings. The molecule has 28 heavy (non-hydrogen) atoms. The summed E-state index contributed by atoms with van der Waals surface area (Å²) in [5.41, 5.74) is 0.940. The first kappa shape index (κ1) is 20.1. The van der Waals surface area contributed by atoms with Crippen molar-refractivity contribution >= 4 is 11.7 Å². The fourth-order valence-electron chi connectivity index (χ4n) is 3.52. The third kappa shape index (κ3) is 5.01. The molecule has 148 valence electrons. The number of aromatic nitrogens is 1. The molecule has 1 aromatic carbocycles. The third-order valence-corrected chi connectivity index (χ3v) is 5.19. The molecule has 0 radical (unpaired) electrons. The van der Waals surface area contributed by atoms with E-state index in [-0.39, 0.29) is 17.4 Å². The van der Waals surface area contributed by atoms with Gasteiger partial charge in [0.1, 0.15) is 11.5 Å². The van der Waals surface area contributed by atoms with Crippen LogP contribution in [0.3, 0.4) is 0 Å². The number of carbonyl (C=O) groups is 2. The van der Waals surface area contributed by atoms with E-state index in [1.807, 2.05) is 0 Å². The van der Waals surface area contributed by atoms with E-state index in [4.69, 9.17) is 0 Å². The van der Waals surface area contributed by atoms with Gasteiger partial charge in [-0.2, -0.15) is 0 Å². The van der Waals surface area contributed by atoms with Gasteiger partial charge in [0.05, 0.1) is 0 Å². The first-order chi connectivity index (χ1) is 13.4. The van der Waals surface area contributed by atoms with E-state index in [1.54, 1.807) is 6.07 Å². The van der Waals surface area contributed by atoms with Crippen LogP contribution < -0.4 is 5.32 Å². The maximum absolute atomic E-state index is 13.1. The van der Waals surface area contributed by atoms with Crippen molar-refractivity contribution in [2.45, 2.75) is 32.7 Å². The van der Waals surface area contributed by atoms with Crippen LogP contribution in [0.1, 0.15) is 53.1 Å². The molecule has 1 N–H and O–H groups in total. The van der Waals surface area contributed by atoms with Gasteiger partial charge in [0, 0.05) is 36.5 Å². The van der Waals surface area contributed by atoms with Crippen molar-refractivity contribution in [2.75, 3.05) is 19.6 Å². The number of benzene rings is 1. The number of rotatable bonds is 6. The molecule has 0 aliphatic carbocycles. The number of hydrogen-bond donors (Lipinski definition) is 1. The van der Waals surface area contributed by atoms with Crippen LogP contribution in [0.5, 0.6) is 0 Å². The Labute approximate surface area is 165 Å². The molecule has 3 rings (SSSR count). The highest BCUT2D eigenvalue weighted by molar-refractivity contribution is 6.09. The van der Waals surface area contributed by atoms with Gasteiger partial charge in [0.25, 0.3) is 5.91 Å². The number of carbonyl (C=O) groups excluding carboxylic acids is 2. The monoisotopic (exact) mass is 383 g/mol. The Kier molecular flexibility index (Phi) is 6.52. The van der Waals surface area contributed by atoms with Crippen LogP contribution in [-0.2, 0) is 0 Å². The molecule has 1 unspecified atom stereocenters. The normalized spacial score (nSPS) is 17.5. The number of pyridine rings is 1. The Hall–Kier alpha value is -2.60. The Bertz CT molecular complexity index is 836. The number of ketones is 1. The van der Waals surface area contributed by atoms with Crippen LogP contribution >= 0.6 is 0 Å². The summed E-state index contributed by atoms with van der Waals surface area (Å²) < 4.78 is 13.1. The first-order valence-corrected chi connectivity index (χ1v) is 9.72. The predicted octanol–water partition coefficient (Wildman–Crippen LogP) is 3.30. The number of likely N-dealkylation sites (tertiary alicyclic amines) is 1. The highest BCUT2D eigenvalue weighted by Crippen LogP contribution is 2.18. The Balaban J connectivity index is 1.62. The van der Waals surface area contributed by atoms with Gasteiger partial charge in [-0.25, -0.2) is 4.39 Å².